The number of nitrogens with one attached hydrogen (secondary N) is 1. The van der Waals surface area contributed by atoms with E-state index in [4.69, 9.17) is 4.74 Å². The normalized spacial score (nSPS) is 10.7. The summed E-state index contributed by atoms with van der Waals surface area (Å²) in [5.41, 5.74) is 1.44. The fourth-order valence-corrected chi connectivity index (χ4v) is 3.54. The molecule has 0 saturated heterocycles. The van der Waals surface area contributed by atoms with Crippen LogP contribution in [0.2, 0.25) is 0 Å². The Hall–Kier alpha value is -4.53. The Morgan fingerprint density at radius 2 is 1.59 bits per heavy atom. The number of halogens is 2. The summed E-state index contributed by atoms with van der Waals surface area (Å²) in [6.07, 6.45) is -0.983. The minimum absolute atomic E-state index is 0.0153. The molecule has 3 aromatic carbocycles. The van der Waals surface area contributed by atoms with Crippen LogP contribution in [0, 0.1) is 11.6 Å². The van der Waals surface area contributed by atoms with Crippen LogP contribution in [0.15, 0.2) is 83.7 Å². The first kappa shape index (κ1) is 22.7. The molecule has 0 bridgehead atoms. The van der Waals surface area contributed by atoms with Crippen molar-refractivity contribution in [1.29, 1.82) is 0 Å². The first-order valence-electron chi connectivity index (χ1n) is 10.3. The lowest BCUT2D eigenvalue weighted by molar-refractivity contribution is 0.103. The number of carbonyl (C=O) groups is 2. The zero-order chi connectivity index (χ0) is 24.2. The fraction of sp³-hybridized carbons (Fsp3) is 0.0800. The molecule has 0 aliphatic carbocycles. The summed E-state index contributed by atoms with van der Waals surface area (Å²) in [5, 5.41) is 0. The molecule has 1 aromatic heterocycles. The molecule has 0 fully saturated rings. The van der Waals surface area contributed by atoms with E-state index in [0.717, 1.165) is 21.4 Å². The van der Waals surface area contributed by atoms with Crippen LogP contribution < -0.4 is 11.1 Å². The van der Waals surface area contributed by atoms with E-state index in [0.29, 0.717) is 11.6 Å². The summed E-state index contributed by atoms with van der Waals surface area (Å²) >= 11 is 0. The van der Waals surface area contributed by atoms with Crippen LogP contribution in [0.1, 0.15) is 23.0 Å². The molecule has 7 nitrogen and oxygen atoms in total. The highest BCUT2D eigenvalue weighted by Gasteiger charge is 2.30. The highest BCUT2D eigenvalue weighted by molar-refractivity contribution is 6.11. The Morgan fingerprint density at radius 3 is 2.21 bits per heavy atom. The van der Waals surface area contributed by atoms with E-state index in [1.165, 1.54) is 0 Å². The van der Waals surface area contributed by atoms with Crippen molar-refractivity contribution in [1.82, 2.24) is 9.24 Å². The van der Waals surface area contributed by atoms with Gasteiger partial charge in [-0.15, -0.1) is 0 Å². The van der Waals surface area contributed by atoms with Crippen molar-refractivity contribution >= 4 is 11.9 Å². The molecule has 172 valence electrons. The lowest BCUT2D eigenvalue weighted by atomic mass is 10.0. The number of rotatable bonds is 6. The second kappa shape index (κ2) is 9.53. The summed E-state index contributed by atoms with van der Waals surface area (Å²) < 4.78 is 35.0. The van der Waals surface area contributed by atoms with Gasteiger partial charge < -0.3 is 4.74 Å². The van der Waals surface area contributed by atoms with Crippen molar-refractivity contribution in [3.63, 3.8) is 0 Å². The van der Waals surface area contributed by atoms with Crippen molar-refractivity contribution in [3.05, 3.63) is 112 Å². The minimum Gasteiger partial charge on any atom is -0.449 e. The molecule has 0 spiro atoms. The highest BCUT2D eigenvalue weighted by atomic mass is 19.1. The van der Waals surface area contributed by atoms with Crippen molar-refractivity contribution in [2.45, 2.75) is 6.92 Å². The van der Waals surface area contributed by atoms with Gasteiger partial charge in [0.15, 0.2) is 0 Å². The van der Waals surface area contributed by atoms with E-state index in [1.807, 2.05) is 0 Å². The van der Waals surface area contributed by atoms with E-state index in [1.54, 1.807) is 67.6 Å². The van der Waals surface area contributed by atoms with Crippen LogP contribution >= 0.6 is 0 Å². The third kappa shape index (κ3) is 4.23. The first-order valence-corrected chi connectivity index (χ1v) is 10.3. The van der Waals surface area contributed by atoms with Gasteiger partial charge >= 0.3 is 11.8 Å². The molecular formula is C25H19F2N3O4. The number of ketones is 1. The van der Waals surface area contributed by atoms with Crippen LogP contribution in [0.3, 0.4) is 0 Å². The van der Waals surface area contributed by atoms with Crippen molar-refractivity contribution < 1.29 is 23.1 Å². The number of hydrogen-bond donors (Lipinski definition) is 1. The van der Waals surface area contributed by atoms with Gasteiger partial charge in [-0.2, -0.15) is 4.68 Å². The van der Waals surface area contributed by atoms with Crippen molar-refractivity contribution in [2.75, 3.05) is 12.0 Å². The summed E-state index contributed by atoms with van der Waals surface area (Å²) in [5.74, 6) is -2.46. The molecule has 0 radical (unpaired) electrons. The van der Waals surface area contributed by atoms with E-state index >= 15 is 0 Å². The molecule has 1 N–H and O–H groups in total. The van der Waals surface area contributed by atoms with Crippen molar-refractivity contribution in [2.24, 2.45) is 0 Å². The summed E-state index contributed by atoms with van der Waals surface area (Å²) in [4.78, 5) is 39.4. The van der Waals surface area contributed by atoms with Crippen LogP contribution in [0.25, 0.3) is 16.9 Å². The Labute approximate surface area is 192 Å². The SMILES string of the molecule is CCOC(=O)Nn1c(C(=O)c2ccccc2)c(-c2ccccc2)n(-c2ccc(F)cc2F)c1=O. The number of amides is 1. The van der Waals surface area contributed by atoms with Gasteiger partial charge in [-0.3, -0.25) is 9.36 Å². The largest absolute Gasteiger partial charge is 0.449 e. The third-order valence-electron chi connectivity index (χ3n) is 4.98. The lowest BCUT2D eigenvalue weighted by Crippen LogP contribution is -2.36. The minimum atomic E-state index is -1.02. The molecule has 0 aliphatic rings. The number of nitrogens with zero attached hydrogens (tertiary/aromatic N) is 2. The lowest BCUT2D eigenvalue weighted by Gasteiger charge is -2.11. The number of imidazole rings is 1. The Morgan fingerprint density at radius 1 is 0.941 bits per heavy atom. The van der Waals surface area contributed by atoms with Gasteiger partial charge in [-0.25, -0.2) is 23.8 Å². The number of aromatic nitrogens is 2. The summed E-state index contributed by atoms with van der Waals surface area (Å²) in [6.45, 7) is 1.59. The van der Waals surface area contributed by atoms with Crippen LogP contribution in [0.4, 0.5) is 13.6 Å². The van der Waals surface area contributed by atoms with Gasteiger partial charge in [-0.05, 0) is 19.1 Å². The Bertz CT molecular complexity index is 1410. The number of hydrogen-bond acceptors (Lipinski definition) is 4. The molecule has 4 aromatic rings. The first-order chi connectivity index (χ1) is 16.4. The van der Waals surface area contributed by atoms with Crippen molar-refractivity contribution in [3.8, 4) is 16.9 Å². The summed E-state index contributed by atoms with van der Waals surface area (Å²) in [7, 11) is 0. The van der Waals surface area contributed by atoms with E-state index in [-0.39, 0.29) is 29.2 Å². The van der Waals surface area contributed by atoms with Crippen LogP contribution in [-0.4, -0.2) is 27.7 Å². The molecule has 34 heavy (non-hydrogen) atoms. The predicted octanol–water partition coefficient (Wildman–Crippen LogP) is 4.52. The van der Waals surface area contributed by atoms with Gasteiger partial charge in [0.05, 0.1) is 18.0 Å². The van der Waals surface area contributed by atoms with Gasteiger partial charge in [-0.1, -0.05) is 60.7 Å². The van der Waals surface area contributed by atoms with E-state index in [9.17, 15) is 23.2 Å². The monoisotopic (exact) mass is 463 g/mol. The molecule has 0 atom stereocenters. The van der Waals surface area contributed by atoms with Crippen LogP contribution in [-0.2, 0) is 4.74 Å². The molecule has 0 saturated carbocycles. The topological polar surface area (TPSA) is 82.3 Å². The molecule has 0 unspecified atom stereocenters. The predicted molar refractivity (Wildman–Crippen MR) is 122 cm³/mol. The maximum Gasteiger partial charge on any atom is 0.426 e. The van der Waals surface area contributed by atoms with Gasteiger partial charge in [0.2, 0.25) is 5.78 Å². The van der Waals surface area contributed by atoms with Gasteiger partial charge in [0, 0.05) is 17.2 Å². The number of carbonyl (C=O) groups excluding carboxylic acids is 2. The second-order valence-electron chi connectivity index (χ2n) is 7.14. The standard InChI is InChI=1S/C25H19F2N3O4/c1-2-34-24(32)28-30-22(23(31)17-11-7-4-8-12-17)21(16-9-5-3-6-10-16)29(25(30)33)20-14-13-18(26)15-19(20)27/h3-15H,2H2,1H3,(H,28,32). The maximum atomic E-state index is 14.9. The number of ether oxygens (including phenoxy) is 1. The average molecular weight is 463 g/mol. The van der Waals surface area contributed by atoms with E-state index in [2.05, 4.69) is 5.43 Å². The van der Waals surface area contributed by atoms with Gasteiger partial charge in [0.25, 0.3) is 0 Å². The fourth-order valence-electron chi connectivity index (χ4n) is 3.54. The smallest absolute Gasteiger partial charge is 0.426 e. The second-order valence-corrected chi connectivity index (χ2v) is 7.14. The average Bonchev–Trinajstić information content (AvgIpc) is 3.11. The maximum absolute atomic E-state index is 14.9. The zero-order valence-electron chi connectivity index (χ0n) is 18.0. The Kier molecular flexibility index (Phi) is 6.35. The van der Waals surface area contributed by atoms with E-state index < -0.39 is 29.2 Å². The Balaban J connectivity index is 2.09. The molecule has 1 heterocycles. The highest BCUT2D eigenvalue weighted by Crippen LogP contribution is 2.29. The zero-order valence-corrected chi connectivity index (χ0v) is 18.0. The molecular weight excluding hydrogens is 444 g/mol. The van der Waals surface area contributed by atoms with Gasteiger partial charge in [0.1, 0.15) is 17.3 Å². The quantitative estimate of drug-likeness (QED) is 0.427. The van der Waals surface area contributed by atoms with Crippen LogP contribution in [0.5, 0.6) is 0 Å². The third-order valence-corrected chi connectivity index (χ3v) is 4.98. The molecule has 4 rings (SSSR count). The summed E-state index contributed by atoms with van der Waals surface area (Å²) in [6, 6.07) is 19.2. The molecule has 0 aliphatic heterocycles. The number of benzene rings is 3. The molecule has 1 amide bonds. The molecule has 9 heteroatoms.